The van der Waals surface area contributed by atoms with Crippen LogP contribution in [0.2, 0.25) is 5.02 Å². The lowest BCUT2D eigenvalue weighted by Crippen LogP contribution is -1.97. The van der Waals surface area contributed by atoms with Crippen LogP contribution in [0.4, 0.5) is 0 Å². The Hall–Kier alpha value is -0.350. The predicted molar refractivity (Wildman–Crippen MR) is 62.4 cm³/mol. The highest BCUT2D eigenvalue weighted by Crippen LogP contribution is 2.35. The van der Waals surface area contributed by atoms with Crippen LogP contribution in [0.3, 0.4) is 0 Å². The minimum atomic E-state index is -0.575. The summed E-state index contributed by atoms with van der Waals surface area (Å²) in [5.74, 6) is 0. The van der Waals surface area contributed by atoms with Gasteiger partial charge in [0.15, 0.2) is 0 Å². The maximum Gasteiger partial charge on any atom is 0.116 e. The van der Waals surface area contributed by atoms with Crippen LogP contribution < -0.4 is 0 Å². The minimum Gasteiger partial charge on any atom is -0.383 e. The van der Waals surface area contributed by atoms with Gasteiger partial charge in [-0.2, -0.15) is 11.3 Å². The molecule has 0 aliphatic rings. The second-order valence-corrected chi connectivity index (χ2v) is 5.14. The molecule has 0 amide bonds. The zero-order valence-electron chi connectivity index (χ0n) is 7.53. The highest BCUT2D eigenvalue weighted by Gasteiger charge is 2.17. The van der Waals surface area contributed by atoms with E-state index in [9.17, 15) is 5.11 Å². The summed E-state index contributed by atoms with van der Waals surface area (Å²) < 4.78 is 0. The fourth-order valence-corrected chi connectivity index (χ4v) is 3.32. The first kappa shape index (κ1) is 10.2. The van der Waals surface area contributed by atoms with Crippen LogP contribution in [0.25, 0.3) is 0 Å². The van der Waals surface area contributed by atoms with Gasteiger partial charge in [-0.15, -0.1) is 11.3 Å². The molecule has 2 aromatic rings. The molecule has 2 aromatic heterocycles. The van der Waals surface area contributed by atoms with Gasteiger partial charge in [0.1, 0.15) is 6.10 Å². The summed E-state index contributed by atoms with van der Waals surface area (Å²) >= 11 is 9.04. The third-order valence-electron chi connectivity index (χ3n) is 2.08. The van der Waals surface area contributed by atoms with Crippen molar-refractivity contribution in [1.82, 2.24) is 0 Å². The Kier molecular flexibility index (Phi) is 2.93. The van der Waals surface area contributed by atoms with Crippen molar-refractivity contribution in [2.45, 2.75) is 13.0 Å². The third-order valence-corrected chi connectivity index (χ3v) is 4.37. The van der Waals surface area contributed by atoms with Crippen LogP contribution in [0.1, 0.15) is 22.1 Å². The van der Waals surface area contributed by atoms with Gasteiger partial charge in [-0.25, -0.2) is 0 Å². The van der Waals surface area contributed by atoms with Crippen LogP contribution in [0.15, 0.2) is 22.2 Å². The Morgan fingerprint density at radius 1 is 1.43 bits per heavy atom. The zero-order chi connectivity index (χ0) is 10.1. The summed E-state index contributed by atoms with van der Waals surface area (Å²) in [7, 11) is 0. The van der Waals surface area contributed by atoms with E-state index in [4.69, 9.17) is 11.6 Å². The second kappa shape index (κ2) is 4.03. The number of halogens is 1. The summed E-state index contributed by atoms with van der Waals surface area (Å²) in [5, 5.41) is 16.6. The maximum absolute atomic E-state index is 10.1. The van der Waals surface area contributed by atoms with Gasteiger partial charge in [-0.1, -0.05) is 11.6 Å². The van der Waals surface area contributed by atoms with Gasteiger partial charge >= 0.3 is 0 Å². The lowest BCUT2D eigenvalue weighted by Gasteiger charge is -2.08. The smallest absolute Gasteiger partial charge is 0.116 e. The predicted octanol–water partition coefficient (Wildman–Crippen LogP) is 3.85. The van der Waals surface area contributed by atoms with E-state index in [2.05, 4.69) is 0 Å². The van der Waals surface area contributed by atoms with Gasteiger partial charge < -0.3 is 5.11 Å². The van der Waals surface area contributed by atoms with Crippen molar-refractivity contribution in [1.29, 1.82) is 0 Å². The lowest BCUT2D eigenvalue weighted by molar-refractivity contribution is 0.224. The molecular formula is C10H9ClOS2. The zero-order valence-corrected chi connectivity index (χ0v) is 9.92. The van der Waals surface area contributed by atoms with Crippen LogP contribution in [-0.2, 0) is 0 Å². The van der Waals surface area contributed by atoms with Crippen molar-refractivity contribution in [3.63, 3.8) is 0 Å². The Balaban J connectivity index is 2.38. The molecule has 0 saturated carbocycles. The molecular weight excluding hydrogens is 236 g/mol. The molecule has 0 aliphatic carbocycles. The Labute approximate surface area is 95.6 Å². The topological polar surface area (TPSA) is 20.2 Å². The summed E-state index contributed by atoms with van der Waals surface area (Å²) in [6.45, 7) is 2.00. The monoisotopic (exact) mass is 244 g/mol. The van der Waals surface area contributed by atoms with Crippen molar-refractivity contribution in [3.05, 3.63) is 43.2 Å². The van der Waals surface area contributed by atoms with E-state index in [1.165, 1.54) is 11.3 Å². The molecule has 0 radical (unpaired) electrons. The molecule has 74 valence electrons. The first-order valence-corrected chi connectivity index (χ1v) is 6.34. The molecule has 2 rings (SSSR count). The molecule has 0 bridgehead atoms. The molecule has 0 aromatic carbocycles. The van der Waals surface area contributed by atoms with Crippen LogP contribution in [0.5, 0.6) is 0 Å². The van der Waals surface area contributed by atoms with Crippen molar-refractivity contribution in [3.8, 4) is 0 Å². The highest BCUT2D eigenvalue weighted by molar-refractivity contribution is 7.10. The van der Waals surface area contributed by atoms with Gasteiger partial charge in [-0.05, 0) is 40.3 Å². The molecule has 1 atom stereocenters. The number of rotatable bonds is 2. The first-order chi connectivity index (χ1) is 6.70. The standard InChI is InChI=1S/C10H9ClOS2/c1-6-4-13-5-7(6)9(12)10-8(11)2-3-14-10/h2-5,9,12H,1H3. The van der Waals surface area contributed by atoms with Crippen molar-refractivity contribution in [2.75, 3.05) is 0 Å². The molecule has 1 nitrogen and oxygen atoms in total. The summed E-state index contributed by atoms with van der Waals surface area (Å²) in [4.78, 5) is 0.827. The largest absolute Gasteiger partial charge is 0.383 e. The fourth-order valence-electron chi connectivity index (χ4n) is 1.29. The molecule has 0 fully saturated rings. The van der Waals surface area contributed by atoms with E-state index in [1.807, 2.05) is 29.1 Å². The Bertz CT molecular complexity index is 393. The van der Waals surface area contributed by atoms with Gasteiger partial charge in [-0.3, -0.25) is 0 Å². The summed E-state index contributed by atoms with van der Waals surface area (Å²) in [6.07, 6.45) is -0.575. The lowest BCUT2D eigenvalue weighted by atomic mass is 10.1. The van der Waals surface area contributed by atoms with Crippen molar-refractivity contribution < 1.29 is 5.11 Å². The molecule has 1 unspecified atom stereocenters. The van der Waals surface area contributed by atoms with E-state index in [1.54, 1.807) is 11.3 Å². The number of hydrogen-bond donors (Lipinski definition) is 1. The number of hydrogen-bond acceptors (Lipinski definition) is 3. The van der Waals surface area contributed by atoms with Crippen LogP contribution in [0, 0.1) is 6.92 Å². The van der Waals surface area contributed by atoms with E-state index in [0.717, 1.165) is 16.0 Å². The summed E-state index contributed by atoms with van der Waals surface area (Å²) in [6, 6.07) is 1.81. The average molecular weight is 245 g/mol. The van der Waals surface area contributed by atoms with Crippen LogP contribution >= 0.6 is 34.3 Å². The van der Waals surface area contributed by atoms with Gasteiger partial charge in [0.2, 0.25) is 0 Å². The van der Waals surface area contributed by atoms with Gasteiger partial charge in [0.05, 0.1) is 9.90 Å². The van der Waals surface area contributed by atoms with E-state index in [0.29, 0.717) is 5.02 Å². The normalized spacial score (nSPS) is 13.1. The number of aliphatic hydroxyl groups is 1. The van der Waals surface area contributed by atoms with E-state index < -0.39 is 6.10 Å². The number of aryl methyl sites for hydroxylation is 1. The van der Waals surface area contributed by atoms with Crippen molar-refractivity contribution in [2.24, 2.45) is 0 Å². The Morgan fingerprint density at radius 2 is 2.21 bits per heavy atom. The molecule has 4 heteroatoms. The van der Waals surface area contributed by atoms with E-state index >= 15 is 0 Å². The molecule has 2 heterocycles. The molecule has 0 aliphatic heterocycles. The average Bonchev–Trinajstić information content (AvgIpc) is 2.73. The maximum atomic E-state index is 10.1. The van der Waals surface area contributed by atoms with Crippen molar-refractivity contribution >= 4 is 34.3 Å². The summed E-state index contributed by atoms with van der Waals surface area (Å²) in [5.41, 5.74) is 2.08. The first-order valence-electron chi connectivity index (χ1n) is 4.14. The molecule has 0 saturated heterocycles. The number of aliphatic hydroxyl groups excluding tert-OH is 1. The Morgan fingerprint density at radius 3 is 2.71 bits per heavy atom. The number of thiophene rings is 2. The van der Waals surface area contributed by atoms with Crippen LogP contribution in [-0.4, -0.2) is 5.11 Å². The SMILES string of the molecule is Cc1cscc1C(O)c1sccc1Cl. The molecule has 0 spiro atoms. The quantitative estimate of drug-likeness (QED) is 0.851. The molecule has 14 heavy (non-hydrogen) atoms. The third kappa shape index (κ3) is 1.73. The second-order valence-electron chi connectivity index (χ2n) is 3.05. The molecule has 1 N–H and O–H groups in total. The van der Waals surface area contributed by atoms with Gasteiger partial charge in [0.25, 0.3) is 0 Å². The van der Waals surface area contributed by atoms with E-state index in [-0.39, 0.29) is 0 Å². The highest BCUT2D eigenvalue weighted by atomic mass is 35.5. The fraction of sp³-hybridized carbons (Fsp3) is 0.200. The van der Waals surface area contributed by atoms with Gasteiger partial charge in [0, 0.05) is 0 Å². The minimum absolute atomic E-state index is 0.575.